The van der Waals surface area contributed by atoms with Crippen molar-refractivity contribution in [3.05, 3.63) is 52.6 Å². The molecule has 7 heteroatoms. The van der Waals surface area contributed by atoms with Gasteiger partial charge in [-0.2, -0.15) is 0 Å². The number of para-hydroxylation sites is 1. The molecule has 2 aromatic carbocycles. The fourth-order valence-corrected chi connectivity index (χ4v) is 3.78. The number of methoxy groups -OCH3 is 1. The van der Waals surface area contributed by atoms with E-state index in [1.54, 1.807) is 12.1 Å². The van der Waals surface area contributed by atoms with Gasteiger partial charge in [-0.25, -0.2) is 13.1 Å². The first kappa shape index (κ1) is 19.9. The first-order valence-corrected chi connectivity index (χ1v) is 9.65. The minimum Gasteiger partial charge on any atom is -0.495 e. The number of carbonyl (C=O) groups excluding carboxylic acids is 1. The lowest BCUT2D eigenvalue weighted by Crippen LogP contribution is -2.33. The van der Waals surface area contributed by atoms with Gasteiger partial charge in [0.1, 0.15) is 10.6 Å². The van der Waals surface area contributed by atoms with E-state index in [1.165, 1.54) is 7.11 Å². The van der Waals surface area contributed by atoms with Crippen molar-refractivity contribution in [3.63, 3.8) is 0 Å². The lowest BCUT2D eigenvalue weighted by Gasteiger charge is -2.14. The van der Waals surface area contributed by atoms with Gasteiger partial charge in [0.25, 0.3) is 0 Å². The van der Waals surface area contributed by atoms with E-state index in [0.29, 0.717) is 5.69 Å². The van der Waals surface area contributed by atoms with Crippen LogP contribution in [0.5, 0.6) is 5.75 Å². The molecule has 0 aromatic heterocycles. The maximum atomic E-state index is 12.6. The molecule has 6 nitrogen and oxygen atoms in total. The monoisotopic (exact) mass is 376 g/mol. The number of nitrogens with one attached hydrogen (secondary N) is 2. The van der Waals surface area contributed by atoms with Crippen LogP contribution < -0.4 is 14.8 Å². The highest BCUT2D eigenvalue weighted by Gasteiger charge is 2.21. The zero-order valence-electron chi connectivity index (χ0n) is 15.6. The quantitative estimate of drug-likeness (QED) is 0.812. The molecule has 0 radical (unpaired) electrons. The van der Waals surface area contributed by atoms with Crippen LogP contribution in [0.15, 0.2) is 35.2 Å². The highest BCUT2D eigenvalue weighted by molar-refractivity contribution is 7.89. The van der Waals surface area contributed by atoms with Crippen molar-refractivity contribution in [1.82, 2.24) is 4.72 Å². The number of amides is 1. The number of hydrogen-bond donors (Lipinski definition) is 2. The summed E-state index contributed by atoms with van der Waals surface area (Å²) in [6.45, 7) is 7.09. The Labute approximate surface area is 154 Å². The van der Waals surface area contributed by atoms with Gasteiger partial charge in [0.2, 0.25) is 15.9 Å². The first-order valence-electron chi connectivity index (χ1n) is 8.16. The van der Waals surface area contributed by atoms with E-state index in [9.17, 15) is 13.2 Å². The third kappa shape index (κ3) is 4.42. The van der Waals surface area contributed by atoms with Gasteiger partial charge in [0.05, 0.1) is 13.7 Å². The molecule has 2 rings (SSSR count). The molecule has 0 saturated carbocycles. The number of ether oxygens (including phenoxy) is 1. The van der Waals surface area contributed by atoms with Crippen molar-refractivity contribution >= 4 is 21.6 Å². The second-order valence-electron chi connectivity index (χ2n) is 6.23. The molecule has 0 atom stereocenters. The van der Waals surface area contributed by atoms with E-state index in [0.717, 1.165) is 22.3 Å². The normalized spacial score (nSPS) is 11.3. The van der Waals surface area contributed by atoms with E-state index in [4.69, 9.17) is 4.74 Å². The Balaban J connectivity index is 2.16. The highest BCUT2D eigenvalue weighted by Crippen LogP contribution is 2.27. The fraction of sp³-hybridized carbons (Fsp3) is 0.316. The smallest absolute Gasteiger partial charge is 0.244 e. The van der Waals surface area contributed by atoms with Gasteiger partial charge in [-0.05, 0) is 62.1 Å². The Morgan fingerprint density at radius 3 is 2.15 bits per heavy atom. The number of aryl methyl sites for hydroxylation is 4. The van der Waals surface area contributed by atoms with Gasteiger partial charge >= 0.3 is 0 Å². The summed E-state index contributed by atoms with van der Waals surface area (Å²) < 4.78 is 32.7. The van der Waals surface area contributed by atoms with Crippen LogP contribution >= 0.6 is 0 Å². The van der Waals surface area contributed by atoms with E-state index >= 15 is 0 Å². The van der Waals surface area contributed by atoms with E-state index in [-0.39, 0.29) is 17.2 Å². The molecule has 0 heterocycles. The van der Waals surface area contributed by atoms with Crippen molar-refractivity contribution in [2.45, 2.75) is 32.6 Å². The summed E-state index contributed by atoms with van der Waals surface area (Å²) in [5.74, 6) is -0.190. The molecule has 2 N–H and O–H groups in total. The zero-order chi connectivity index (χ0) is 19.5. The number of hydrogen-bond acceptors (Lipinski definition) is 4. The zero-order valence-corrected chi connectivity index (χ0v) is 16.5. The van der Waals surface area contributed by atoms with E-state index in [2.05, 4.69) is 10.0 Å². The molecule has 0 saturated heterocycles. The standard InChI is InChI=1S/C19H24N2O4S/c1-12-7-6-8-13(2)19(12)21-18(22)11-20-26(23,24)17-10-15(4)14(3)9-16(17)25-5/h6-10,20H,11H2,1-5H3,(H,21,22). The van der Waals surface area contributed by atoms with Crippen molar-refractivity contribution in [2.24, 2.45) is 0 Å². The SMILES string of the molecule is COc1cc(C)c(C)cc1S(=O)(=O)NCC(=O)Nc1c(C)cccc1C. The Kier molecular flexibility index (Phi) is 6.05. The molecule has 0 spiro atoms. The molecule has 0 aliphatic carbocycles. The Bertz CT molecular complexity index is 917. The van der Waals surface area contributed by atoms with Crippen LogP contribution in [0.3, 0.4) is 0 Å². The summed E-state index contributed by atoms with van der Waals surface area (Å²) in [5.41, 5.74) is 4.27. The molecule has 1 amide bonds. The maximum absolute atomic E-state index is 12.6. The van der Waals surface area contributed by atoms with Crippen LogP contribution in [0.25, 0.3) is 0 Å². The summed E-state index contributed by atoms with van der Waals surface area (Å²) in [5, 5.41) is 2.75. The average molecular weight is 376 g/mol. The Hall–Kier alpha value is -2.38. The summed E-state index contributed by atoms with van der Waals surface area (Å²) in [6.07, 6.45) is 0. The summed E-state index contributed by atoms with van der Waals surface area (Å²) in [6, 6.07) is 8.87. The van der Waals surface area contributed by atoms with E-state index < -0.39 is 15.9 Å². The molecule has 140 valence electrons. The number of benzene rings is 2. The summed E-state index contributed by atoms with van der Waals surface area (Å²) in [4.78, 5) is 12.2. The van der Waals surface area contributed by atoms with Gasteiger partial charge < -0.3 is 10.1 Å². The first-order chi connectivity index (χ1) is 12.2. The van der Waals surface area contributed by atoms with Gasteiger partial charge in [-0.1, -0.05) is 18.2 Å². The molecule has 0 fully saturated rings. The molecular weight excluding hydrogens is 352 g/mol. The average Bonchev–Trinajstić information content (AvgIpc) is 2.58. The minimum atomic E-state index is -3.89. The van der Waals surface area contributed by atoms with Crippen LogP contribution in [0, 0.1) is 27.7 Å². The third-order valence-electron chi connectivity index (χ3n) is 4.24. The molecule has 0 unspecified atom stereocenters. The number of anilines is 1. The largest absolute Gasteiger partial charge is 0.495 e. The minimum absolute atomic E-state index is 0.0166. The van der Waals surface area contributed by atoms with Crippen LogP contribution in [-0.2, 0) is 14.8 Å². The molecule has 26 heavy (non-hydrogen) atoms. The van der Waals surface area contributed by atoms with Crippen LogP contribution in [0.2, 0.25) is 0 Å². The Morgan fingerprint density at radius 1 is 1.00 bits per heavy atom. The van der Waals surface area contributed by atoms with Gasteiger partial charge in [-0.3, -0.25) is 4.79 Å². The molecule has 0 bridgehead atoms. The fourth-order valence-electron chi connectivity index (χ4n) is 2.57. The number of rotatable bonds is 6. The molecule has 0 aliphatic rings. The third-order valence-corrected chi connectivity index (χ3v) is 5.66. The van der Waals surface area contributed by atoms with Crippen LogP contribution in [0.1, 0.15) is 22.3 Å². The maximum Gasteiger partial charge on any atom is 0.244 e. The van der Waals surface area contributed by atoms with Crippen LogP contribution in [-0.4, -0.2) is 28.0 Å². The summed E-state index contributed by atoms with van der Waals surface area (Å²) >= 11 is 0. The van der Waals surface area contributed by atoms with E-state index in [1.807, 2.05) is 45.9 Å². The molecular formula is C19H24N2O4S. The second kappa shape index (κ2) is 7.88. The lowest BCUT2D eigenvalue weighted by molar-refractivity contribution is -0.115. The van der Waals surface area contributed by atoms with Crippen molar-refractivity contribution < 1.29 is 17.9 Å². The predicted molar refractivity (Wildman–Crippen MR) is 102 cm³/mol. The highest BCUT2D eigenvalue weighted by atomic mass is 32.2. The van der Waals surface area contributed by atoms with Gasteiger partial charge in [-0.15, -0.1) is 0 Å². The number of sulfonamides is 1. The van der Waals surface area contributed by atoms with Crippen molar-refractivity contribution in [1.29, 1.82) is 0 Å². The van der Waals surface area contributed by atoms with Crippen molar-refractivity contribution in [2.75, 3.05) is 19.0 Å². The predicted octanol–water partition coefficient (Wildman–Crippen LogP) is 2.85. The van der Waals surface area contributed by atoms with Gasteiger partial charge in [0, 0.05) is 5.69 Å². The molecule has 0 aliphatic heterocycles. The number of carbonyl (C=O) groups is 1. The van der Waals surface area contributed by atoms with Crippen LogP contribution in [0.4, 0.5) is 5.69 Å². The topological polar surface area (TPSA) is 84.5 Å². The summed E-state index contributed by atoms with van der Waals surface area (Å²) in [7, 11) is -2.47. The second-order valence-corrected chi connectivity index (χ2v) is 7.96. The molecule has 2 aromatic rings. The lowest BCUT2D eigenvalue weighted by atomic mass is 10.1. The van der Waals surface area contributed by atoms with Crippen molar-refractivity contribution in [3.8, 4) is 5.75 Å². The van der Waals surface area contributed by atoms with Gasteiger partial charge in [0.15, 0.2) is 0 Å². The Morgan fingerprint density at radius 2 is 1.58 bits per heavy atom.